The maximum Gasteiger partial charge on any atom is 0.298 e. The molecule has 0 unspecified atom stereocenters. The van der Waals surface area contributed by atoms with E-state index in [4.69, 9.17) is 15.4 Å². The fourth-order valence-electron chi connectivity index (χ4n) is 0.895. The van der Waals surface area contributed by atoms with E-state index in [-0.39, 0.29) is 5.69 Å². The van der Waals surface area contributed by atoms with E-state index in [0.717, 1.165) is 6.07 Å². The van der Waals surface area contributed by atoms with Crippen LogP contribution in [0, 0.1) is 6.92 Å². The van der Waals surface area contributed by atoms with E-state index in [1.807, 2.05) is 0 Å². The SMILES string of the molecule is Cc1cc(O)c(S(=O)(=O)O)cc1N. The van der Waals surface area contributed by atoms with Crippen LogP contribution in [0.4, 0.5) is 5.69 Å². The van der Waals surface area contributed by atoms with Gasteiger partial charge >= 0.3 is 0 Å². The highest BCUT2D eigenvalue weighted by Gasteiger charge is 2.16. The van der Waals surface area contributed by atoms with Crippen molar-refractivity contribution >= 4 is 15.8 Å². The van der Waals surface area contributed by atoms with Crippen LogP contribution >= 0.6 is 0 Å². The molecule has 72 valence electrons. The average molecular weight is 203 g/mol. The summed E-state index contributed by atoms with van der Waals surface area (Å²) in [5.41, 5.74) is 6.15. The van der Waals surface area contributed by atoms with E-state index in [1.54, 1.807) is 6.92 Å². The fraction of sp³-hybridized carbons (Fsp3) is 0.143. The van der Waals surface area contributed by atoms with Gasteiger partial charge in [0.2, 0.25) is 0 Å². The highest BCUT2D eigenvalue weighted by atomic mass is 32.2. The van der Waals surface area contributed by atoms with E-state index in [9.17, 15) is 8.42 Å². The van der Waals surface area contributed by atoms with E-state index >= 15 is 0 Å². The van der Waals surface area contributed by atoms with Crippen LogP contribution in [0.3, 0.4) is 0 Å². The minimum absolute atomic E-state index is 0.199. The van der Waals surface area contributed by atoms with Gasteiger partial charge in [-0.15, -0.1) is 0 Å². The summed E-state index contributed by atoms with van der Waals surface area (Å²) in [4.78, 5) is -0.574. The van der Waals surface area contributed by atoms with Gasteiger partial charge in [0.15, 0.2) is 0 Å². The predicted molar refractivity (Wildman–Crippen MR) is 47.1 cm³/mol. The average Bonchev–Trinajstić information content (AvgIpc) is 1.94. The van der Waals surface area contributed by atoms with Crippen LogP contribution in [0.15, 0.2) is 17.0 Å². The van der Waals surface area contributed by atoms with Gasteiger partial charge in [0.1, 0.15) is 10.6 Å². The number of phenolic OH excluding ortho intramolecular Hbond substituents is 1. The minimum Gasteiger partial charge on any atom is -0.506 e. The molecule has 0 saturated carbocycles. The van der Waals surface area contributed by atoms with Crippen LogP contribution in [0.2, 0.25) is 0 Å². The lowest BCUT2D eigenvalue weighted by Gasteiger charge is -2.04. The minimum atomic E-state index is -4.40. The van der Waals surface area contributed by atoms with Gasteiger partial charge in [0.05, 0.1) is 0 Å². The highest BCUT2D eigenvalue weighted by molar-refractivity contribution is 7.86. The first kappa shape index (κ1) is 9.82. The maximum atomic E-state index is 10.7. The molecule has 0 aliphatic rings. The summed E-state index contributed by atoms with van der Waals surface area (Å²) >= 11 is 0. The third kappa shape index (κ3) is 1.90. The number of phenols is 1. The Morgan fingerprint density at radius 3 is 2.38 bits per heavy atom. The van der Waals surface area contributed by atoms with Crippen LogP contribution in [0.5, 0.6) is 5.75 Å². The lowest BCUT2D eigenvalue weighted by Crippen LogP contribution is -2.01. The smallest absolute Gasteiger partial charge is 0.298 e. The second kappa shape index (κ2) is 2.90. The largest absolute Gasteiger partial charge is 0.506 e. The predicted octanol–water partition coefficient (Wildman–Crippen LogP) is 0.530. The Balaban J connectivity index is 3.50. The Hall–Kier alpha value is -1.27. The van der Waals surface area contributed by atoms with Gasteiger partial charge in [-0.2, -0.15) is 8.42 Å². The summed E-state index contributed by atoms with van der Waals surface area (Å²) in [7, 11) is -4.40. The van der Waals surface area contributed by atoms with Gasteiger partial charge in [0.25, 0.3) is 10.1 Å². The zero-order valence-corrected chi connectivity index (χ0v) is 7.67. The molecular weight excluding hydrogens is 194 g/mol. The molecule has 1 aromatic carbocycles. The molecule has 0 bridgehead atoms. The van der Waals surface area contributed by atoms with Crippen molar-refractivity contribution in [1.29, 1.82) is 0 Å². The molecule has 0 radical (unpaired) electrons. The van der Waals surface area contributed by atoms with E-state index in [0.29, 0.717) is 5.56 Å². The van der Waals surface area contributed by atoms with Crippen molar-refractivity contribution in [2.45, 2.75) is 11.8 Å². The van der Waals surface area contributed by atoms with Crippen LogP contribution in [-0.2, 0) is 10.1 Å². The fourth-order valence-corrected chi connectivity index (χ4v) is 1.49. The zero-order valence-electron chi connectivity index (χ0n) is 6.85. The molecule has 0 aliphatic heterocycles. The molecule has 0 spiro atoms. The van der Waals surface area contributed by atoms with Crippen molar-refractivity contribution in [3.05, 3.63) is 17.7 Å². The molecule has 0 atom stereocenters. The highest BCUT2D eigenvalue weighted by Crippen LogP contribution is 2.27. The number of anilines is 1. The molecular formula is C7H9NO4S. The Bertz CT molecular complexity index is 438. The summed E-state index contributed by atoms with van der Waals surface area (Å²) in [6, 6.07) is 2.19. The van der Waals surface area contributed by atoms with E-state index in [2.05, 4.69) is 0 Å². The van der Waals surface area contributed by atoms with Crippen LogP contribution < -0.4 is 5.73 Å². The third-order valence-corrected chi connectivity index (χ3v) is 2.51. The molecule has 0 saturated heterocycles. The van der Waals surface area contributed by atoms with Crippen molar-refractivity contribution in [1.82, 2.24) is 0 Å². The van der Waals surface area contributed by atoms with Crippen LogP contribution in [0.1, 0.15) is 5.56 Å². The monoisotopic (exact) mass is 203 g/mol. The summed E-state index contributed by atoms with van der Waals surface area (Å²) in [5.74, 6) is -0.505. The Kier molecular flexibility index (Phi) is 2.19. The number of rotatable bonds is 1. The van der Waals surface area contributed by atoms with Crippen molar-refractivity contribution in [2.75, 3.05) is 5.73 Å². The van der Waals surface area contributed by atoms with Crippen molar-refractivity contribution in [3.63, 3.8) is 0 Å². The number of nitrogens with two attached hydrogens (primary N) is 1. The normalized spacial score (nSPS) is 11.5. The second-order valence-electron chi connectivity index (χ2n) is 2.65. The van der Waals surface area contributed by atoms with Crippen LogP contribution in [0.25, 0.3) is 0 Å². The van der Waals surface area contributed by atoms with Crippen molar-refractivity contribution in [2.24, 2.45) is 0 Å². The zero-order chi connectivity index (χ0) is 10.2. The van der Waals surface area contributed by atoms with Crippen molar-refractivity contribution in [3.8, 4) is 5.75 Å². The van der Waals surface area contributed by atoms with Gasteiger partial charge in [0, 0.05) is 5.69 Å². The molecule has 0 aromatic heterocycles. The lowest BCUT2D eigenvalue weighted by molar-refractivity contribution is 0.443. The summed E-state index contributed by atoms with van der Waals surface area (Å²) in [6.45, 7) is 1.61. The van der Waals surface area contributed by atoms with Crippen LogP contribution in [-0.4, -0.2) is 18.1 Å². The van der Waals surface area contributed by atoms with Gasteiger partial charge in [-0.05, 0) is 24.6 Å². The van der Waals surface area contributed by atoms with Gasteiger partial charge in [-0.25, -0.2) is 0 Å². The molecule has 1 rings (SSSR count). The Morgan fingerprint density at radius 2 is 1.92 bits per heavy atom. The van der Waals surface area contributed by atoms with Crippen molar-refractivity contribution < 1.29 is 18.1 Å². The Morgan fingerprint density at radius 1 is 1.38 bits per heavy atom. The molecule has 13 heavy (non-hydrogen) atoms. The topological polar surface area (TPSA) is 101 Å². The Labute approximate surface area is 75.6 Å². The number of benzene rings is 1. The lowest BCUT2D eigenvalue weighted by atomic mass is 10.2. The standard InChI is InChI=1S/C7H9NO4S/c1-4-2-6(9)7(3-5(4)8)13(10,11)12/h2-3,9H,8H2,1H3,(H,10,11,12). The second-order valence-corrected chi connectivity index (χ2v) is 4.04. The molecule has 0 aliphatic carbocycles. The first-order chi connectivity index (χ1) is 5.82. The third-order valence-electron chi connectivity index (χ3n) is 1.63. The molecule has 0 amide bonds. The number of hydrogen-bond acceptors (Lipinski definition) is 4. The maximum absolute atomic E-state index is 10.7. The van der Waals surface area contributed by atoms with E-state index < -0.39 is 20.8 Å². The number of aromatic hydroxyl groups is 1. The summed E-state index contributed by atoms with van der Waals surface area (Å²) in [5, 5.41) is 9.16. The molecule has 6 heteroatoms. The quantitative estimate of drug-likeness (QED) is 0.351. The van der Waals surface area contributed by atoms with Gasteiger partial charge < -0.3 is 10.8 Å². The van der Waals surface area contributed by atoms with Gasteiger partial charge in [-0.1, -0.05) is 0 Å². The molecule has 5 nitrogen and oxygen atoms in total. The first-order valence-electron chi connectivity index (χ1n) is 3.39. The molecule has 0 heterocycles. The molecule has 0 fully saturated rings. The van der Waals surface area contributed by atoms with E-state index in [1.165, 1.54) is 6.07 Å². The molecule has 1 aromatic rings. The number of hydrogen-bond donors (Lipinski definition) is 3. The number of nitrogen functional groups attached to an aromatic ring is 1. The van der Waals surface area contributed by atoms with Gasteiger partial charge in [-0.3, -0.25) is 4.55 Å². The first-order valence-corrected chi connectivity index (χ1v) is 4.83. The summed E-state index contributed by atoms with van der Waals surface area (Å²) < 4.78 is 30.0. The summed E-state index contributed by atoms with van der Waals surface area (Å²) in [6.07, 6.45) is 0. The number of aryl methyl sites for hydroxylation is 1. The molecule has 4 N–H and O–H groups in total.